The Labute approximate surface area is 149 Å². The number of hydrogen-bond acceptors (Lipinski definition) is 6. The number of carbonyl (C=O) groups is 3. The van der Waals surface area contributed by atoms with E-state index in [0.29, 0.717) is 13.2 Å². The first-order chi connectivity index (χ1) is 11.6. The molecule has 0 saturated carbocycles. The van der Waals surface area contributed by atoms with Crippen molar-refractivity contribution in [2.75, 3.05) is 19.8 Å². The molecule has 0 aromatic carbocycles. The molecule has 1 saturated heterocycles. The quantitative estimate of drug-likeness (QED) is 0.206. The fourth-order valence-electron chi connectivity index (χ4n) is 2.59. The van der Waals surface area contributed by atoms with E-state index < -0.39 is 29.8 Å². The van der Waals surface area contributed by atoms with Gasteiger partial charge in [-0.3, -0.25) is 14.4 Å². The maximum Gasteiger partial charge on any atom is 0.326 e. The third-order valence-corrected chi connectivity index (χ3v) is 3.54. The Balaban J connectivity index is 2.83. The minimum atomic E-state index is -0.775. The fraction of sp³-hybridized carbons (Fsp3) is 0.722. The van der Waals surface area contributed by atoms with Crippen molar-refractivity contribution >= 4 is 17.7 Å². The van der Waals surface area contributed by atoms with Crippen LogP contribution in [0.4, 0.5) is 0 Å². The largest absolute Gasteiger partial charge is 0.459 e. The van der Waals surface area contributed by atoms with Gasteiger partial charge in [-0.2, -0.15) is 0 Å². The molecule has 1 amide bonds. The first-order valence-corrected chi connectivity index (χ1v) is 8.55. The van der Waals surface area contributed by atoms with Crippen molar-refractivity contribution in [3.63, 3.8) is 0 Å². The van der Waals surface area contributed by atoms with Crippen molar-refractivity contribution in [2.24, 2.45) is 5.92 Å². The first-order valence-electron chi connectivity index (χ1n) is 8.55. The molecular formula is C18H29NO6. The summed E-state index contributed by atoms with van der Waals surface area (Å²) in [6, 6.07) is -0.499. The second-order valence-corrected chi connectivity index (χ2v) is 6.80. The molecule has 0 aromatic rings. The summed E-state index contributed by atoms with van der Waals surface area (Å²) in [6.07, 6.45) is 2.80. The van der Waals surface area contributed by atoms with E-state index in [4.69, 9.17) is 14.2 Å². The average molecular weight is 355 g/mol. The van der Waals surface area contributed by atoms with Crippen LogP contribution in [0, 0.1) is 5.92 Å². The van der Waals surface area contributed by atoms with Gasteiger partial charge in [-0.25, -0.2) is 0 Å². The molecule has 25 heavy (non-hydrogen) atoms. The summed E-state index contributed by atoms with van der Waals surface area (Å²) in [5.74, 6) is -1.88. The van der Waals surface area contributed by atoms with E-state index in [2.05, 4.69) is 0 Å². The van der Waals surface area contributed by atoms with Gasteiger partial charge in [0, 0.05) is 13.2 Å². The first kappa shape index (κ1) is 21.3. The van der Waals surface area contributed by atoms with E-state index in [1.165, 1.54) is 11.8 Å². The SMILES string of the molecule is CCOC(C=C[C@@H]1[C@@H](C(C)=O)C(=O)N1CC(=O)OC(C)(C)C)OCC. The number of amides is 1. The Morgan fingerprint density at radius 1 is 1.20 bits per heavy atom. The smallest absolute Gasteiger partial charge is 0.326 e. The van der Waals surface area contributed by atoms with Gasteiger partial charge < -0.3 is 19.1 Å². The molecule has 7 nitrogen and oxygen atoms in total. The number of ether oxygens (including phenoxy) is 3. The lowest BCUT2D eigenvalue weighted by atomic mass is 9.84. The van der Waals surface area contributed by atoms with Gasteiger partial charge in [-0.05, 0) is 47.6 Å². The molecule has 1 aliphatic heterocycles. The van der Waals surface area contributed by atoms with Crippen LogP contribution >= 0.6 is 0 Å². The maximum atomic E-state index is 12.2. The van der Waals surface area contributed by atoms with Crippen LogP contribution in [0.15, 0.2) is 12.2 Å². The number of β-lactam (4-membered cyclic amide) rings is 1. The van der Waals surface area contributed by atoms with E-state index in [-0.39, 0.29) is 18.2 Å². The number of ketones is 1. The van der Waals surface area contributed by atoms with Gasteiger partial charge in [0.25, 0.3) is 0 Å². The number of esters is 1. The zero-order valence-corrected chi connectivity index (χ0v) is 15.9. The van der Waals surface area contributed by atoms with Gasteiger partial charge in [0.2, 0.25) is 5.91 Å². The summed E-state index contributed by atoms with van der Waals surface area (Å²) in [6.45, 7) is 11.1. The standard InChI is InChI=1S/C18H29NO6/c1-7-23-15(24-8-2)10-9-13-16(12(3)20)17(22)19(13)11-14(21)25-18(4,5)6/h9-10,13,15-16H,7-8,11H2,1-6H3/t13-,16-/m1/s1. The highest BCUT2D eigenvalue weighted by molar-refractivity contribution is 6.07. The second-order valence-electron chi connectivity index (χ2n) is 6.80. The van der Waals surface area contributed by atoms with Crippen LogP contribution in [-0.2, 0) is 28.6 Å². The van der Waals surface area contributed by atoms with Crippen molar-refractivity contribution in [1.29, 1.82) is 0 Å². The van der Waals surface area contributed by atoms with Crippen LogP contribution in [0.25, 0.3) is 0 Å². The third kappa shape index (κ3) is 6.25. The Kier molecular flexibility index (Phi) is 7.76. The Morgan fingerprint density at radius 2 is 1.76 bits per heavy atom. The molecule has 0 spiro atoms. The van der Waals surface area contributed by atoms with Gasteiger partial charge in [-0.15, -0.1) is 0 Å². The van der Waals surface area contributed by atoms with Gasteiger partial charge in [0.1, 0.15) is 23.8 Å². The lowest BCUT2D eigenvalue weighted by Gasteiger charge is -2.44. The lowest BCUT2D eigenvalue weighted by Crippen LogP contribution is -2.63. The van der Waals surface area contributed by atoms with E-state index in [1.54, 1.807) is 32.9 Å². The lowest BCUT2D eigenvalue weighted by molar-refractivity contribution is -0.170. The summed E-state index contributed by atoms with van der Waals surface area (Å²) >= 11 is 0. The van der Waals surface area contributed by atoms with E-state index in [0.717, 1.165) is 0 Å². The monoisotopic (exact) mass is 355 g/mol. The number of rotatable bonds is 9. The van der Waals surface area contributed by atoms with E-state index >= 15 is 0 Å². The van der Waals surface area contributed by atoms with Crippen molar-refractivity contribution in [2.45, 2.75) is 59.5 Å². The molecule has 0 N–H and O–H groups in total. The molecule has 142 valence electrons. The average Bonchev–Trinajstić information content (AvgIpc) is 2.46. The topological polar surface area (TPSA) is 82.1 Å². The molecule has 1 aliphatic rings. The van der Waals surface area contributed by atoms with Crippen molar-refractivity contribution in [1.82, 2.24) is 4.90 Å². The summed E-state index contributed by atoms with van der Waals surface area (Å²) < 4.78 is 16.1. The summed E-state index contributed by atoms with van der Waals surface area (Å²) in [7, 11) is 0. The van der Waals surface area contributed by atoms with Crippen LogP contribution in [0.3, 0.4) is 0 Å². The van der Waals surface area contributed by atoms with E-state index in [1.807, 2.05) is 13.8 Å². The molecule has 1 heterocycles. The number of nitrogens with zero attached hydrogens (tertiary/aromatic N) is 1. The molecule has 0 bridgehead atoms. The summed E-state index contributed by atoms with van der Waals surface area (Å²) in [5, 5.41) is 0. The molecule has 7 heteroatoms. The molecule has 0 aromatic heterocycles. The van der Waals surface area contributed by atoms with Gasteiger partial charge in [-0.1, -0.05) is 6.08 Å². The highest BCUT2D eigenvalue weighted by atomic mass is 16.7. The van der Waals surface area contributed by atoms with Crippen LogP contribution < -0.4 is 0 Å². The van der Waals surface area contributed by atoms with Crippen molar-refractivity contribution in [3.05, 3.63) is 12.2 Å². The zero-order chi connectivity index (χ0) is 19.2. The molecule has 0 aliphatic carbocycles. The summed E-state index contributed by atoms with van der Waals surface area (Å²) in [4.78, 5) is 37.3. The Bertz CT molecular complexity index is 516. The second kappa shape index (κ2) is 9.10. The molecule has 1 rings (SSSR count). The highest BCUT2D eigenvalue weighted by Crippen LogP contribution is 2.29. The number of likely N-dealkylation sites (tertiary alicyclic amines) is 1. The van der Waals surface area contributed by atoms with Crippen LogP contribution in [0.2, 0.25) is 0 Å². The van der Waals surface area contributed by atoms with Crippen LogP contribution in [0.1, 0.15) is 41.5 Å². The summed E-state index contributed by atoms with van der Waals surface area (Å²) in [5.41, 5.74) is -0.634. The van der Waals surface area contributed by atoms with Gasteiger partial charge in [0.15, 0.2) is 6.29 Å². The van der Waals surface area contributed by atoms with Crippen molar-refractivity contribution in [3.8, 4) is 0 Å². The van der Waals surface area contributed by atoms with Gasteiger partial charge in [0.05, 0.1) is 6.04 Å². The number of hydrogen-bond donors (Lipinski definition) is 0. The fourth-order valence-corrected chi connectivity index (χ4v) is 2.59. The molecular weight excluding hydrogens is 326 g/mol. The molecule has 2 atom stereocenters. The molecule has 0 radical (unpaired) electrons. The normalized spacial score (nSPS) is 20.9. The van der Waals surface area contributed by atoms with Gasteiger partial charge >= 0.3 is 5.97 Å². The highest BCUT2D eigenvalue weighted by Gasteiger charge is 2.49. The predicted octanol–water partition coefficient (Wildman–Crippen LogP) is 1.70. The molecule has 0 unspecified atom stereocenters. The molecule has 1 fully saturated rings. The zero-order valence-electron chi connectivity index (χ0n) is 15.9. The maximum absolute atomic E-state index is 12.2. The predicted molar refractivity (Wildman–Crippen MR) is 91.7 cm³/mol. The number of carbonyl (C=O) groups excluding carboxylic acids is 3. The minimum Gasteiger partial charge on any atom is -0.459 e. The number of Topliss-reactive ketones (excluding diaryl/α,β-unsaturated/α-hetero) is 1. The Hall–Kier alpha value is -1.73. The Morgan fingerprint density at radius 3 is 2.20 bits per heavy atom. The van der Waals surface area contributed by atoms with Crippen LogP contribution in [-0.4, -0.2) is 60.3 Å². The minimum absolute atomic E-state index is 0.192. The third-order valence-electron chi connectivity index (χ3n) is 3.54. The van der Waals surface area contributed by atoms with Crippen molar-refractivity contribution < 1.29 is 28.6 Å². The van der Waals surface area contributed by atoms with Crippen LogP contribution in [0.5, 0.6) is 0 Å². The van der Waals surface area contributed by atoms with E-state index in [9.17, 15) is 14.4 Å².